The van der Waals surface area contributed by atoms with E-state index in [0.29, 0.717) is 28.8 Å². The Kier molecular flexibility index (Phi) is 2.97. The van der Waals surface area contributed by atoms with E-state index in [9.17, 15) is 4.79 Å². The first-order chi connectivity index (χ1) is 9.17. The predicted molar refractivity (Wildman–Crippen MR) is 73.3 cm³/mol. The van der Waals surface area contributed by atoms with Crippen molar-refractivity contribution in [1.82, 2.24) is 9.88 Å². The third kappa shape index (κ3) is 2.20. The normalized spacial score (nSPS) is 25.4. The molecule has 1 saturated carbocycles. The minimum absolute atomic E-state index is 0.0279. The van der Waals surface area contributed by atoms with Gasteiger partial charge in [0.1, 0.15) is 5.69 Å². The number of fused-ring (bicyclic) bond motifs is 2. The van der Waals surface area contributed by atoms with Gasteiger partial charge in [-0.15, -0.1) is 0 Å². The number of hydrogen-bond acceptors (Lipinski definition) is 4. The van der Waals surface area contributed by atoms with Gasteiger partial charge < -0.3 is 16.0 Å². The number of likely N-dealkylation sites (tertiary alicyclic amines) is 1. The highest BCUT2D eigenvalue weighted by Crippen LogP contribution is 2.36. The second kappa shape index (κ2) is 4.64. The highest BCUT2D eigenvalue weighted by Gasteiger charge is 2.35. The Morgan fingerprint density at radius 3 is 2.68 bits per heavy atom. The van der Waals surface area contributed by atoms with Crippen LogP contribution in [0.25, 0.3) is 0 Å². The van der Waals surface area contributed by atoms with E-state index in [1.165, 1.54) is 25.5 Å². The smallest absolute Gasteiger partial charge is 0.272 e. The molecule has 1 aromatic rings. The summed E-state index contributed by atoms with van der Waals surface area (Å²) in [5.41, 5.74) is 7.19. The SMILES string of the molecule is N=Cc1cnc(C(=O)N2CC3CCC(C3)C2)cc1N. The maximum Gasteiger partial charge on any atom is 0.272 e. The number of carbonyl (C=O) groups excluding carboxylic acids is 1. The molecule has 3 rings (SSSR count). The van der Waals surface area contributed by atoms with Crippen LogP contribution in [0.2, 0.25) is 0 Å². The number of nitrogens with one attached hydrogen (secondary N) is 1. The van der Waals surface area contributed by atoms with Crippen molar-refractivity contribution in [3.63, 3.8) is 0 Å². The molecule has 3 N–H and O–H groups in total. The maximum absolute atomic E-state index is 12.4. The quantitative estimate of drug-likeness (QED) is 0.789. The van der Waals surface area contributed by atoms with E-state index in [1.54, 1.807) is 6.07 Å². The average molecular weight is 258 g/mol. The van der Waals surface area contributed by atoms with Crippen LogP contribution in [0, 0.1) is 17.2 Å². The van der Waals surface area contributed by atoms with Crippen LogP contribution in [0.15, 0.2) is 12.3 Å². The van der Waals surface area contributed by atoms with Gasteiger partial charge in [0.15, 0.2) is 0 Å². The molecule has 2 bridgehead atoms. The number of nitrogen functional groups attached to an aromatic ring is 1. The number of rotatable bonds is 2. The van der Waals surface area contributed by atoms with Gasteiger partial charge in [-0.2, -0.15) is 0 Å². The molecule has 5 heteroatoms. The molecule has 0 spiro atoms. The molecule has 5 nitrogen and oxygen atoms in total. The third-order valence-electron chi connectivity index (χ3n) is 4.24. The van der Waals surface area contributed by atoms with Crippen molar-refractivity contribution in [1.29, 1.82) is 5.41 Å². The van der Waals surface area contributed by atoms with E-state index in [2.05, 4.69) is 4.98 Å². The summed E-state index contributed by atoms with van der Waals surface area (Å²) in [6.45, 7) is 1.70. The molecule has 1 aliphatic carbocycles. The first kappa shape index (κ1) is 12.1. The van der Waals surface area contributed by atoms with Crippen LogP contribution in [0.3, 0.4) is 0 Å². The highest BCUT2D eigenvalue weighted by atomic mass is 16.2. The molecule has 2 heterocycles. The number of nitrogens with zero attached hydrogens (tertiary/aromatic N) is 2. The number of carbonyl (C=O) groups is 1. The van der Waals surface area contributed by atoms with Gasteiger partial charge >= 0.3 is 0 Å². The fourth-order valence-corrected chi connectivity index (χ4v) is 3.25. The lowest BCUT2D eigenvalue weighted by Crippen LogP contribution is -2.41. The Hall–Kier alpha value is -1.91. The lowest BCUT2D eigenvalue weighted by molar-refractivity contribution is 0.0656. The number of hydrogen-bond donors (Lipinski definition) is 2. The maximum atomic E-state index is 12.4. The summed E-state index contributed by atoms with van der Waals surface area (Å²) in [4.78, 5) is 18.5. The van der Waals surface area contributed by atoms with Gasteiger partial charge in [-0.1, -0.05) is 0 Å². The predicted octanol–water partition coefficient (Wildman–Crippen LogP) is 1.53. The zero-order chi connectivity index (χ0) is 13.4. The first-order valence-electron chi connectivity index (χ1n) is 6.72. The number of nitrogens with two attached hydrogens (primary N) is 1. The monoisotopic (exact) mass is 258 g/mol. The van der Waals surface area contributed by atoms with Crippen molar-refractivity contribution >= 4 is 17.8 Å². The summed E-state index contributed by atoms with van der Waals surface area (Å²) < 4.78 is 0. The van der Waals surface area contributed by atoms with Crippen molar-refractivity contribution in [3.05, 3.63) is 23.5 Å². The van der Waals surface area contributed by atoms with Gasteiger partial charge in [0, 0.05) is 36.8 Å². The van der Waals surface area contributed by atoms with Crippen molar-refractivity contribution in [3.8, 4) is 0 Å². The number of piperidine rings is 1. The fourth-order valence-electron chi connectivity index (χ4n) is 3.25. The van der Waals surface area contributed by atoms with Gasteiger partial charge in [-0.25, -0.2) is 0 Å². The number of aromatic nitrogens is 1. The van der Waals surface area contributed by atoms with Gasteiger partial charge in [0.2, 0.25) is 0 Å². The molecule has 1 aromatic heterocycles. The summed E-state index contributed by atoms with van der Waals surface area (Å²) >= 11 is 0. The molecule has 2 atom stereocenters. The Balaban J connectivity index is 1.80. The molecule has 19 heavy (non-hydrogen) atoms. The zero-order valence-corrected chi connectivity index (χ0v) is 10.8. The molecular formula is C14H18N4O. The first-order valence-corrected chi connectivity index (χ1v) is 6.72. The Morgan fingerprint density at radius 2 is 2.11 bits per heavy atom. The summed E-state index contributed by atoms with van der Waals surface area (Å²) in [7, 11) is 0. The van der Waals surface area contributed by atoms with Crippen LogP contribution in [-0.4, -0.2) is 35.1 Å². The van der Waals surface area contributed by atoms with E-state index in [0.717, 1.165) is 19.3 Å². The zero-order valence-electron chi connectivity index (χ0n) is 10.8. The summed E-state index contributed by atoms with van der Waals surface area (Å²) in [6.07, 6.45) is 6.41. The van der Waals surface area contributed by atoms with Gasteiger partial charge in [0.05, 0.1) is 0 Å². The minimum atomic E-state index is -0.0279. The fraction of sp³-hybridized carbons (Fsp3) is 0.500. The van der Waals surface area contributed by atoms with Crippen LogP contribution < -0.4 is 5.73 Å². The molecule has 1 aliphatic heterocycles. The van der Waals surface area contributed by atoms with E-state index in [4.69, 9.17) is 11.1 Å². The van der Waals surface area contributed by atoms with Crippen molar-refractivity contribution in [2.45, 2.75) is 19.3 Å². The largest absolute Gasteiger partial charge is 0.398 e. The van der Waals surface area contributed by atoms with Crippen LogP contribution >= 0.6 is 0 Å². The van der Waals surface area contributed by atoms with Crippen LogP contribution in [-0.2, 0) is 0 Å². The summed E-state index contributed by atoms with van der Waals surface area (Å²) in [5.74, 6) is 1.31. The van der Waals surface area contributed by atoms with Crippen molar-refractivity contribution < 1.29 is 4.79 Å². The molecular weight excluding hydrogens is 240 g/mol. The lowest BCUT2D eigenvalue weighted by Gasteiger charge is -2.31. The topological polar surface area (TPSA) is 83.1 Å². The van der Waals surface area contributed by atoms with E-state index < -0.39 is 0 Å². The van der Waals surface area contributed by atoms with Crippen LogP contribution in [0.4, 0.5) is 5.69 Å². The molecule has 100 valence electrons. The van der Waals surface area contributed by atoms with Crippen LogP contribution in [0.1, 0.15) is 35.3 Å². The molecule has 2 aliphatic rings. The molecule has 0 radical (unpaired) electrons. The van der Waals surface area contributed by atoms with Gasteiger partial charge in [-0.05, 0) is 37.2 Å². The van der Waals surface area contributed by atoms with E-state index in [-0.39, 0.29) is 5.91 Å². The van der Waals surface area contributed by atoms with Crippen molar-refractivity contribution in [2.24, 2.45) is 11.8 Å². The average Bonchev–Trinajstić information content (AvgIpc) is 2.76. The second-order valence-electron chi connectivity index (χ2n) is 5.60. The number of pyridine rings is 1. The van der Waals surface area contributed by atoms with Crippen molar-refractivity contribution in [2.75, 3.05) is 18.8 Å². The molecule has 1 saturated heterocycles. The third-order valence-corrected chi connectivity index (χ3v) is 4.24. The Bertz CT molecular complexity index is 516. The lowest BCUT2D eigenvalue weighted by atomic mass is 9.98. The Morgan fingerprint density at radius 1 is 1.42 bits per heavy atom. The molecule has 2 unspecified atom stereocenters. The van der Waals surface area contributed by atoms with Gasteiger partial charge in [-0.3, -0.25) is 9.78 Å². The van der Waals surface area contributed by atoms with Crippen LogP contribution in [0.5, 0.6) is 0 Å². The summed E-state index contributed by atoms with van der Waals surface area (Å²) in [6, 6.07) is 1.58. The minimum Gasteiger partial charge on any atom is -0.398 e. The van der Waals surface area contributed by atoms with Gasteiger partial charge in [0.25, 0.3) is 5.91 Å². The molecule has 2 fully saturated rings. The summed E-state index contributed by atoms with van der Waals surface area (Å²) in [5, 5.41) is 7.18. The highest BCUT2D eigenvalue weighted by molar-refractivity contribution is 5.95. The molecule has 0 aromatic carbocycles. The van der Waals surface area contributed by atoms with E-state index in [1.807, 2.05) is 4.90 Å². The Labute approximate surface area is 112 Å². The second-order valence-corrected chi connectivity index (χ2v) is 5.60. The number of amides is 1. The van der Waals surface area contributed by atoms with E-state index >= 15 is 0 Å². The number of anilines is 1. The standard InChI is InChI=1S/C14H18N4O/c15-5-11-6-17-13(4-12(11)16)14(19)18-7-9-1-2-10(3-9)8-18/h4-6,9-10,15H,1-3,7-8H2,(H2,16,17). The molecule has 1 amide bonds.